The van der Waals surface area contributed by atoms with E-state index in [0.717, 1.165) is 12.8 Å². The number of ether oxygens (including phenoxy) is 1. The molecule has 1 aliphatic carbocycles. The van der Waals surface area contributed by atoms with Crippen molar-refractivity contribution in [2.75, 3.05) is 37.0 Å². The van der Waals surface area contributed by atoms with Crippen LogP contribution in [0.15, 0.2) is 121 Å². The van der Waals surface area contributed by atoms with Crippen LogP contribution in [0.2, 0.25) is 0 Å². The number of benzene rings is 4. The predicted molar refractivity (Wildman–Crippen MR) is 224 cm³/mol. The Balaban J connectivity index is 1.27. The van der Waals surface area contributed by atoms with Crippen molar-refractivity contribution >= 4 is 44.8 Å². The maximum atomic E-state index is 13.6. The summed E-state index contributed by atoms with van der Waals surface area (Å²) in [5, 5.41) is 5.08. The number of amides is 1. The van der Waals surface area contributed by atoms with Crippen LogP contribution < -0.4 is 9.80 Å². The van der Waals surface area contributed by atoms with Gasteiger partial charge >= 0.3 is 5.97 Å². The van der Waals surface area contributed by atoms with E-state index in [1.54, 1.807) is 13.8 Å². The van der Waals surface area contributed by atoms with Crippen molar-refractivity contribution in [3.63, 3.8) is 0 Å². The van der Waals surface area contributed by atoms with Crippen LogP contribution >= 0.6 is 0 Å². The van der Waals surface area contributed by atoms with Crippen LogP contribution in [-0.4, -0.2) is 56.1 Å². The molecule has 7 rings (SSSR count). The third kappa shape index (κ3) is 6.04. The average molecular weight is 722 g/mol. The fourth-order valence-electron chi connectivity index (χ4n) is 9.92. The van der Waals surface area contributed by atoms with Gasteiger partial charge in [0.05, 0.1) is 18.6 Å². The van der Waals surface area contributed by atoms with Crippen molar-refractivity contribution in [2.45, 2.75) is 84.2 Å². The molecule has 0 aromatic heterocycles. The molecule has 0 bridgehead atoms. The number of allylic oxidation sites excluding steroid dienone is 3. The molecule has 4 aromatic rings. The zero-order valence-electron chi connectivity index (χ0n) is 33.5. The van der Waals surface area contributed by atoms with Gasteiger partial charge in [-0.3, -0.25) is 4.79 Å². The Morgan fingerprint density at radius 2 is 1.46 bits per heavy atom. The Bertz CT molecular complexity index is 2280. The molecule has 0 N–H and O–H groups in total. The van der Waals surface area contributed by atoms with Crippen LogP contribution in [0.1, 0.15) is 72.4 Å². The van der Waals surface area contributed by atoms with Crippen LogP contribution in [0.25, 0.3) is 21.5 Å². The molecule has 4 aromatic carbocycles. The number of fused-ring (bicyclic) bond motifs is 6. The average Bonchev–Trinajstić information content (AvgIpc) is 3.64. The molecule has 6 nitrogen and oxygen atoms in total. The van der Waals surface area contributed by atoms with E-state index in [-0.39, 0.29) is 40.8 Å². The number of hydrogen-bond acceptors (Lipinski definition) is 5. The Labute approximate surface area is 321 Å². The first-order valence-electron chi connectivity index (χ1n) is 19.3. The number of likely N-dealkylation sites (N-methyl/N-ethyl adjacent to an activating group) is 2. The zero-order valence-corrected chi connectivity index (χ0v) is 33.5. The van der Waals surface area contributed by atoms with E-state index in [4.69, 9.17) is 4.74 Å². The Kier molecular flexibility index (Phi) is 9.40. The van der Waals surface area contributed by atoms with Gasteiger partial charge in [0.25, 0.3) is 0 Å². The molecule has 1 fully saturated rings. The minimum atomic E-state index is -0.440. The second kappa shape index (κ2) is 13.6. The summed E-state index contributed by atoms with van der Waals surface area (Å²) < 4.78 is 5.56. The lowest BCUT2D eigenvalue weighted by atomic mass is 9.76. The summed E-state index contributed by atoms with van der Waals surface area (Å²) in [5.74, 6) is -0.480. The Morgan fingerprint density at radius 1 is 0.852 bits per heavy atom. The monoisotopic (exact) mass is 721 g/mol. The van der Waals surface area contributed by atoms with Crippen LogP contribution in [-0.2, 0) is 25.2 Å². The molecule has 2 heterocycles. The lowest BCUT2D eigenvalue weighted by molar-refractivity contribution is -0.142. The number of esters is 1. The normalized spacial score (nSPS) is 24.2. The van der Waals surface area contributed by atoms with E-state index in [9.17, 15) is 9.59 Å². The van der Waals surface area contributed by atoms with Gasteiger partial charge in [0.15, 0.2) is 0 Å². The maximum absolute atomic E-state index is 13.6. The Morgan fingerprint density at radius 3 is 2.09 bits per heavy atom. The summed E-state index contributed by atoms with van der Waals surface area (Å²) in [4.78, 5) is 32.7. The van der Waals surface area contributed by atoms with Crippen molar-refractivity contribution in [3.8, 4) is 0 Å². The van der Waals surface area contributed by atoms with E-state index in [2.05, 4.69) is 162 Å². The van der Waals surface area contributed by atoms with Gasteiger partial charge in [-0.05, 0) is 76.2 Å². The standard InChI is InChI=1S/C48H55N3O3/c1-31(2)45(53)54-30-29-51(32(3)52)44-35(21-24-40-46(4,5)42-36-17-13-11-15-33(36)19-22-38(42)49(40)9)25-27-48(44,8)28-26-41-47(6,7)43-37-18-14-12-16-34(37)20-23-39(43)50(41)10/h11-24,26,28,41,44H,1,25,27,29-30H2,2-10H3/b28-26+,35-21+,40-24+. The summed E-state index contributed by atoms with van der Waals surface area (Å²) >= 11 is 0. The molecule has 54 heavy (non-hydrogen) atoms. The fraction of sp³-hybridized carbons (Fsp3) is 0.375. The third-order valence-corrected chi connectivity index (χ3v) is 12.7. The maximum Gasteiger partial charge on any atom is 0.333 e. The molecule has 1 saturated carbocycles. The van der Waals surface area contributed by atoms with Crippen LogP contribution in [0.5, 0.6) is 0 Å². The second-order valence-electron chi connectivity index (χ2n) is 17.0. The lowest BCUT2D eigenvalue weighted by Gasteiger charge is -2.39. The topological polar surface area (TPSA) is 53.1 Å². The summed E-state index contributed by atoms with van der Waals surface area (Å²) in [5.41, 5.74) is 7.22. The van der Waals surface area contributed by atoms with E-state index in [1.165, 1.54) is 55.3 Å². The molecule has 3 atom stereocenters. The highest BCUT2D eigenvalue weighted by atomic mass is 16.5. The molecule has 0 radical (unpaired) electrons. The number of rotatable bonds is 8. The van der Waals surface area contributed by atoms with E-state index in [0.29, 0.717) is 12.1 Å². The number of anilines is 2. The van der Waals surface area contributed by atoms with Crippen molar-refractivity contribution in [1.82, 2.24) is 4.90 Å². The van der Waals surface area contributed by atoms with Gasteiger partial charge in [0.1, 0.15) is 6.61 Å². The van der Waals surface area contributed by atoms with Crippen LogP contribution in [0.3, 0.4) is 0 Å². The van der Waals surface area contributed by atoms with Crippen molar-refractivity contribution in [2.24, 2.45) is 5.41 Å². The first kappa shape index (κ1) is 37.2. The highest BCUT2D eigenvalue weighted by Crippen LogP contribution is 2.52. The zero-order chi connectivity index (χ0) is 38.7. The first-order chi connectivity index (χ1) is 25.6. The molecule has 280 valence electrons. The summed E-state index contributed by atoms with van der Waals surface area (Å²) in [7, 11) is 4.35. The lowest BCUT2D eigenvalue weighted by Crippen LogP contribution is -2.48. The Hall–Kier alpha value is -5.10. The van der Waals surface area contributed by atoms with E-state index >= 15 is 0 Å². The molecule has 3 aliphatic rings. The smallest absolute Gasteiger partial charge is 0.333 e. The van der Waals surface area contributed by atoms with Gasteiger partial charge in [-0.25, -0.2) is 4.79 Å². The SMILES string of the molecule is C=C(C)C(=O)OCCN(C(C)=O)C1/C(=C/C=C2/N(C)c3ccc4ccccc4c3C2(C)C)CCC1(C)/C=C/C1N(C)c2ccc3ccccc3c2C1(C)C. The number of hydrogen-bond donors (Lipinski definition) is 0. The van der Waals surface area contributed by atoms with Crippen LogP contribution in [0.4, 0.5) is 11.4 Å². The quantitative estimate of drug-likeness (QED) is 0.103. The molecule has 3 unspecified atom stereocenters. The molecule has 1 amide bonds. The molecule has 2 aliphatic heterocycles. The van der Waals surface area contributed by atoms with E-state index < -0.39 is 5.97 Å². The van der Waals surface area contributed by atoms with Gasteiger partial charge in [-0.15, -0.1) is 0 Å². The number of nitrogens with zero attached hydrogens (tertiary/aromatic N) is 3. The second-order valence-corrected chi connectivity index (χ2v) is 17.0. The van der Waals surface area contributed by atoms with Crippen molar-refractivity contribution < 1.29 is 14.3 Å². The van der Waals surface area contributed by atoms with Crippen molar-refractivity contribution in [1.29, 1.82) is 0 Å². The van der Waals surface area contributed by atoms with Gasteiger partial charge in [0, 0.05) is 59.9 Å². The minimum Gasteiger partial charge on any atom is -0.460 e. The highest BCUT2D eigenvalue weighted by Gasteiger charge is 2.47. The molecule has 0 spiro atoms. The molecule has 6 heteroatoms. The number of carbonyl (C=O) groups excluding carboxylic acids is 2. The molecular formula is C48H55N3O3. The largest absolute Gasteiger partial charge is 0.460 e. The van der Waals surface area contributed by atoms with E-state index in [1.807, 2.05) is 4.90 Å². The summed E-state index contributed by atoms with van der Waals surface area (Å²) in [6, 6.07) is 26.1. The van der Waals surface area contributed by atoms with Crippen molar-refractivity contribution in [3.05, 3.63) is 132 Å². The third-order valence-electron chi connectivity index (χ3n) is 12.7. The van der Waals surface area contributed by atoms with Gasteiger partial charge in [-0.2, -0.15) is 0 Å². The minimum absolute atomic E-state index is 0.0409. The number of carbonyl (C=O) groups is 2. The van der Waals surface area contributed by atoms with Crippen LogP contribution in [0, 0.1) is 5.41 Å². The highest BCUT2D eigenvalue weighted by molar-refractivity contribution is 5.95. The summed E-state index contributed by atoms with van der Waals surface area (Å²) in [6.45, 7) is 19.0. The van der Waals surface area contributed by atoms with Gasteiger partial charge in [-0.1, -0.05) is 120 Å². The molecule has 0 saturated heterocycles. The summed E-state index contributed by atoms with van der Waals surface area (Å²) in [6.07, 6.45) is 11.1. The van der Waals surface area contributed by atoms with Gasteiger partial charge < -0.3 is 19.4 Å². The molecular weight excluding hydrogens is 667 g/mol. The van der Waals surface area contributed by atoms with Gasteiger partial charge in [0.2, 0.25) is 5.91 Å². The fourth-order valence-corrected chi connectivity index (χ4v) is 9.92. The first-order valence-corrected chi connectivity index (χ1v) is 19.3. The predicted octanol–water partition coefficient (Wildman–Crippen LogP) is 10.0.